The molecule has 0 atom stereocenters. The van der Waals surface area contributed by atoms with Crippen LogP contribution in [0.4, 0.5) is 8.78 Å². The van der Waals surface area contributed by atoms with Gasteiger partial charge in [0.05, 0.1) is 0 Å². The third-order valence-corrected chi connectivity index (χ3v) is 3.28. The molecule has 26 heavy (non-hydrogen) atoms. The van der Waals surface area contributed by atoms with E-state index in [0.29, 0.717) is 6.07 Å². The maximum atomic E-state index is 14.0. The molecule has 6 nitrogen and oxygen atoms in total. The topological polar surface area (TPSA) is 85.6 Å². The van der Waals surface area contributed by atoms with E-state index in [4.69, 9.17) is 4.74 Å². The highest BCUT2D eigenvalue weighted by atomic mass is 19.1. The van der Waals surface area contributed by atoms with Gasteiger partial charge in [-0.15, -0.1) is 0 Å². The summed E-state index contributed by atoms with van der Waals surface area (Å²) in [7, 11) is 0. The zero-order valence-electron chi connectivity index (χ0n) is 14.4. The highest BCUT2D eigenvalue weighted by Gasteiger charge is 2.20. The van der Waals surface area contributed by atoms with Crippen molar-refractivity contribution in [3.05, 3.63) is 58.0 Å². The van der Waals surface area contributed by atoms with Crippen LogP contribution < -0.4 is 5.56 Å². The Hall–Kier alpha value is -3.03. The number of carbonyl (C=O) groups excluding carboxylic acids is 1. The number of pyridine rings is 1. The van der Waals surface area contributed by atoms with Gasteiger partial charge >= 0.3 is 11.9 Å². The van der Waals surface area contributed by atoms with Crippen LogP contribution in [0.15, 0.2) is 35.3 Å². The summed E-state index contributed by atoms with van der Waals surface area (Å²) in [6.07, 6.45) is 1.13. The maximum absolute atomic E-state index is 14.0. The average molecular weight is 365 g/mol. The van der Waals surface area contributed by atoms with Gasteiger partial charge in [-0.3, -0.25) is 9.59 Å². The fraction of sp³-hybridized carbons (Fsp3) is 0.278. The van der Waals surface area contributed by atoms with Crippen LogP contribution in [0.3, 0.4) is 0 Å². The molecule has 0 saturated heterocycles. The van der Waals surface area contributed by atoms with Crippen molar-refractivity contribution in [1.82, 2.24) is 4.57 Å². The third kappa shape index (κ3) is 4.53. The van der Waals surface area contributed by atoms with Crippen molar-refractivity contribution < 1.29 is 28.2 Å². The standard InChI is InChI=1S/C18H17F2NO5/c1-18(2,3)26-15(22)9-21-8-10(6-13(16(21)23)17(24)25)12-5-4-11(19)7-14(12)20/h4-8H,9H2,1-3H3,(H,24,25). The Morgan fingerprint density at radius 1 is 1.19 bits per heavy atom. The molecule has 0 spiro atoms. The van der Waals surface area contributed by atoms with Crippen LogP contribution in [-0.2, 0) is 16.1 Å². The molecule has 0 bridgehead atoms. The van der Waals surface area contributed by atoms with E-state index in [9.17, 15) is 28.3 Å². The number of benzene rings is 1. The number of esters is 1. The van der Waals surface area contributed by atoms with E-state index in [1.807, 2.05) is 0 Å². The van der Waals surface area contributed by atoms with Crippen LogP contribution in [0.1, 0.15) is 31.1 Å². The molecule has 2 aromatic rings. The number of aromatic carboxylic acids is 1. The number of carboxylic acid groups (broad SMARTS) is 1. The monoisotopic (exact) mass is 365 g/mol. The van der Waals surface area contributed by atoms with Gasteiger partial charge in [0, 0.05) is 23.4 Å². The molecule has 0 fully saturated rings. The lowest BCUT2D eigenvalue weighted by atomic mass is 10.0. The second-order valence-electron chi connectivity index (χ2n) is 6.59. The first-order valence-corrected chi connectivity index (χ1v) is 7.63. The molecule has 0 saturated carbocycles. The van der Waals surface area contributed by atoms with E-state index < -0.39 is 46.8 Å². The lowest BCUT2D eigenvalue weighted by Crippen LogP contribution is -2.32. The van der Waals surface area contributed by atoms with Gasteiger partial charge in [-0.1, -0.05) is 0 Å². The predicted octanol–water partition coefficient (Wildman–Crippen LogP) is 2.83. The average Bonchev–Trinajstić information content (AvgIpc) is 2.47. The molecular formula is C18H17F2NO5. The minimum Gasteiger partial charge on any atom is -0.477 e. The maximum Gasteiger partial charge on any atom is 0.341 e. The van der Waals surface area contributed by atoms with Gasteiger partial charge in [-0.25, -0.2) is 13.6 Å². The summed E-state index contributed by atoms with van der Waals surface area (Å²) in [5.74, 6) is -4.01. The van der Waals surface area contributed by atoms with E-state index in [2.05, 4.69) is 0 Å². The summed E-state index contributed by atoms with van der Waals surface area (Å²) in [6.45, 7) is 4.37. The molecule has 2 rings (SSSR count). The van der Waals surface area contributed by atoms with Crippen LogP contribution in [0.2, 0.25) is 0 Å². The summed E-state index contributed by atoms with van der Waals surface area (Å²) in [5.41, 5.74) is -2.46. The number of halogens is 2. The molecule has 8 heteroatoms. The molecule has 1 heterocycles. The Morgan fingerprint density at radius 3 is 2.38 bits per heavy atom. The van der Waals surface area contributed by atoms with Crippen LogP contribution in [-0.4, -0.2) is 27.2 Å². The van der Waals surface area contributed by atoms with Crippen LogP contribution in [0.25, 0.3) is 11.1 Å². The molecule has 0 aliphatic carbocycles. The van der Waals surface area contributed by atoms with Crippen molar-refractivity contribution >= 4 is 11.9 Å². The number of carboxylic acids is 1. The first-order valence-electron chi connectivity index (χ1n) is 7.63. The van der Waals surface area contributed by atoms with Crippen LogP contribution in [0.5, 0.6) is 0 Å². The number of hydrogen-bond acceptors (Lipinski definition) is 4. The highest BCUT2D eigenvalue weighted by molar-refractivity contribution is 5.89. The summed E-state index contributed by atoms with van der Waals surface area (Å²) >= 11 is 0. The number of rotatable bonds is 4. The molecule has 0 amide bonds. The first-order chi connectivity index (χ1) is 12.0. The van der Waals surface area contributed by atoms with Gasteiger partial charge in [0.1, 0.15) is 29.3 Å². The fourth-order valence-corrected chi connectivity index (χ4v) is 2.29. The van der Waals surface area contributed by atoms with E-state index in [1.54, 1.807) is 20.8 Å². The van der Waals surface area contributed by atoms with Crippen molar-refractivity contribution in [1.29, 1.82) is 0 Å². The van der Waals surface area contributed by atoms with Crippen molar-refractivity contribution in [3.8, 4) is 11.1 Å². The molecule has 0 aliphatic heterocycles. The lowest BCUT2D eigenvalue weighted by Gasteiger charge is -2.20. The minimum atomic E-state index is -1.53. The van der Waals surface area contributed by atoms with Crippen molar-refractivity contribution in [3.63, 3.8) is 0 Å². The zero-order chi connectivity index (χ0) is 19.6. The van der Waals surface area contributed by atoms with E-state index >= 15 is 0 Å². The third-order valence-electron chi connectivity index (χ3n) is 3.28. The molecule has 1 aromatic carbocycles. The zero-order valence-corrected chi connectivity index (χ0v) is 14.4. The van der Waals surface area contributed by atoms with Gasteiger partial charge in [-0.2, -0.15) is 0 Å². The molecule has 1 aromatic heterocycles. The number of ether oxygens (including phenoxy) is 1. The Balaban J connectivity index is 2.55. The molecule has 0 unspecified atom stereocenters. The van der Waals surface area contributed by atoms with Crippen molar-refractivity contribution in [2.45, 2.75) is 32.9 Å². The van der Waals surface area contributed by atoms with Crippen molar-refractivity contribution in [2.24, 2.45) is 0 Å². The van der Waals surface area contributed by atoms with Crippen molar-refractivity contribution in [2.75, 3.05) is 0 Å². The minimum absolute atomic E-state index is 0.0167. The van der Waals surface area contributed by atoms with E-state index in [0.717, 1.165) is 29.0 Å². The van der Waals surface area contributed by atoms with E-state index in [1.165, 1.54) is 0 Å². The quantitative estimate of drug-likeness (QED) is 0.842. The van der Waals surface area contributed by atoms with E-state index in [-0.39, 0.29) is 11.1 Å². The normalized spacial score (nSPS) is 11.3. The summed E-state index contributed by atoms with van der Waals surface area (Å²) < 4.78 is 33.1. The molecule has 0 radical (unpaired) electrons. The Bertz CT molecular complexity index is 928. The van der Waals surface area contributed by atoms with Gasteiger partial charge in [0.2, 0.25) is 0 Å². The molecule has 0 aliphatic rings. The molecule has 138 valence electrons. The summed E-state index contributed by atoms with van der Waals surface area (Å²) in [6, 6.07) is 3.74. The second-order valence-corrected chi connectivity index (χ2v) is 6.59. The number of carbonyl (C=O) groups is 2. The van der Waals surface area contributed by atoms with Gasteiger partial charge in [-0.05, 0) is 39.0 Å². The Labute approximate surface area is 147 Å². The molecule has 1 N–H and O–H groups in total. The number of hydrogen-bond donors (Lipinski definition) is 1. The van der Waals surface area contributed by atoms with Crippen LogP contribution in [0, 0.1) is 11.6 Å². The fourth-order valence-electron chi connectivity index (χ4n) is 2.29. The lowest BCUT2D eigenvalue weighted by molar-refractivity contribution is -0.155. The Morgan fingerprint density at radius 2 is 1.85 bits per heavy atom. The largest absolute Gasteiger partial charge is 0.477 e. The number of aromatic nitrogens is 1. The predicted molar refractivity (Wildman–Crippen MR) is 88.9 cm³/mol. The Kier molecular flexibility index (Phi) is 5.25. The van der Waals surface area contributed by atoms with Gasteiger partial charge in [0.15, 0.2) is 0 Å². The SMILES string of the molecule is CC(C)(C)OC(=O)Cn1cc(-c2ccc(F)cc2F)cc(C(=O)O)c1=O. The first kappa shape index (κ1) is 19.3. The highest BCUT2D eigenvalue weighted by Crippen LogP contribution is 2.23. The van der Waals surface area contributed by atoms with Crippen LogP contribution >= 0.6 is 0 Å². The molecular weight excluding hydrogens is 348 g/mol. The van der Waals surface area contributed by atoms with Gasteiger partial charge in [0.25, 0.3) is 5.56 Å². The second kappa shape index (κ2) is 7.07. The smallest absolute Gasteiger partial charge is 0.341 e. The summed E-state index contributed by atoms with van der Waals surface area (Å²) in [5, 5.41) is 9.21. The number of nitrogens with zero attached hydrogens (tertiary/aromatic N) is 1. The van der Waals surface area contributed by atoms with Gasteiger partial charge < -0.3 is 14.4 Å². The summed E-state index contributed by atoms with van der Waals surface area (Å²) in [4.78, 5) is 35.6.